The lowest BCUT2D eigenvalue weighted by molar-refractivity contribution is -0.139. The van der Waals surface area contributed by atoms with Crippen molar-refractivity contribution in [2.45, 2.75) is 39.3 Å². The van der Waals surface area contributed by atoms with Crippen molar-refractivity contribution in [3.8, 4) is 0 Å². The van der Waals surface area contributed by atoms with E-state index >= 15 is 0 Å². The van der Waals surface area contributed by atoms with Crippen molar-refractivity contribution < 1.29 is 4.79 Å². The zero-order valence-electron chi connectivity index (χ0n) is 20.7. The van der Waals surface area contributed by atoms with Crippen molar-refractivity contribution in [1.82, 2.24) is 24.3 Å². The molecule has 7 heteroatoms. The van der Waals surface area contributed by atoms with Crippen molar-refractivity contribution in [3.63, 3.8) is 0 Å². The maximum Gasteiger partial charge on any atom is 0.227 e. The zero-order valence-corrected chi connectivity index (χ0v) is 21.5. The Bertz CT molecular complexity index is 1140. The first kappa shape index (κ1) is 24.3. The van der Waals surface area contributed by atoms with E-state index in [0.29, 0.717) is 5.91 Å². The predicted octanol–water partition coefficient (Wildman–Crippen LogP) is 4.50. The number of nitrogens with zero attached hydrogens (tertiary/aromatic N) is 5. The Hall–Kier alpha value is -2.41. The van der Waals surface area contributed by atoms with Gasteiger partial charge in [0.25, 0.3) is 0 Å². The van der Waals surface area contributed by atoms with Crippen LogP contribution in [0.15, 0.2) is 48.5 Å². The molecule has 1 atom stereocenters. The van der Waals surface area contributed by atoms with Crippen molar-refractivity contribution >= 4 is 28.5 Å². The number of benzene rings is 2. The molecule has 0 aliphatic carbocycles. The Labute approximate surface area is 213 Å². The minimum Gasteiger partial charge on any atom is -0.340 e. The van der Waals surface area contributed by atoms with Gasteiger partial charge in [-0.05, 0) is 62.2 Å². The van der Waals surface area contributed by atoms with E-state index in [0.717, 1.165) is 93.6 Å². The molecule has 2 aliphatic rings. The van der Waals surface area contributed by atoms with E-state index in [1.807, 2.05) is 18.2 Å². The molecular weight excluding hydrogens is 458 g/mol. The van der Waals surface area contributed by atoms with E-state index in [9.17, 15) is 4.79 Å². The van der Waals surface area contributed by atoms with E-state index in [1.54, 1.807) is 0 Å². The number of aromatic nitrogens is 2. The van der Waals surface area contributed by atoms with Gasteiger partial charge in [-0.25, -0.2) is 4.98 Å². The number of hydrogen-bond donors (Lipinski definition) is 0. The highest BCUT2D eigenvalue weighted by Gasteiger charge is 2.31. The second-order valence-corrected chi connectivity index (χ2v) is 10.4. The molecule has 1 aromatic heterocycles. The third-order valence-corrected chi connectivity index (χ3v) is 7.68. The molecule has 2 saturated heterocycles. The summed E-state index contributed by atoms with van der Waals surface area (Å²) in [6, 6.07) is 16.4. The van der Waals surface area contributed by atoms with Gasteiger partial charge in [-0.15, -0.1) is 0 Å². The number of likely N-dealkylation sites (tertiary alicyclic amines) is 1. The molecule has 186 valence electrons. The Morgan fingerprint density at radius 3 is 2.51 bits per heavy atom. The highest BCUT2D eigenvalue weighted by molar-refractivity contribution is 6.30. The third kappa shape index (κ3) is 5.71. The molecule has 3 heterocycles. The largest absolute Gasteiger partial charge is 0.340 e. The highest BCUT2D eigenvalue weighted by atomic mass is 35.5. The third-order valence-electron chi connectivity index (χ3n) is 7.43. The molecule has 3 aromatic rings. The average molecular weight is 494 g/mol. The second-order valence-electron chi connectivity index (χ2n) is 9.97. The number of rotatable bonds is 7. The molecule has 0 radical (unpaired) electrons. The maximum absolute atomic E-state index is 13.3. The minimum absolute atomic E-state index is 0.0931. The van der Waals surface area contributed by atoms with E-state index in [1.165, 1.54) is 12.0 Å². The van der Waals surface area contributed by atoms with Crippen LogP contribution in [0.2, 0.25) is 5.02 Å². The number of carbonyl (C=O) groups excluding carboxylic acids is 1. The molecule has 35 heavy (non-hydrogen) atoms. The van der Waals surface area contributed by atoms with Crippen LogP contribution in [0.3, 0.4) is 0 Å². The van der Waals surface area contributed by atoms with Crippen LogP contribution in [0.1, 0.15) is 37.6 Å². The Kier molecular flexibility index (Phi) is 7.71. The fraction of sp³-hybridized carbons (Fsp3) is 0.500. The zero-order chi connectivity index (χ0) is 24.2. The van der Waals surface area contributed by atoms with Crippen LogP contribution < -0.4 is 0 Å². The van der Waals surface area contributed by atoms with Crippen LogP contribution >= 0.6 is 11.6 Å². The van der Waals surface area contributed by atoms with Gasteiger partial charge in [0.2, 0.25) is 5.91 Å². The van der Waals surface area contributed by atoms with Gasteiger partial charge in [-0.3, -0.25) is 14.6 Å². The summed E-state index contributed by atoms with van der Waals surface area (Å²) in [4.78, 5) is 25.4. The molecule has 0 spiro atoms. The first-order chi connectivity index (χ1) is 17.1. The summed E-state index contributed by atoms with van der Waals surface area (Å²) >= 11 is 6.11. The number of piperazine rings is 1. The fourth-order valence-corrected chi connectivity index (χ4v) is 5.69. The maximum atomic E-state index is 13.3. The van der Waals surface area contributed by atoms with Crippen LogP contribution in [0, 0.1) is 5.92 Å². The first-order valence-electron chi connectivity index (χ1n) is 13.0. The van der Waals surface area contributed by atoms with Crippen LogP contribution in [-0.4, -0.2) is 76.0 Å². The van der Waals surface area contributed by atoms with Crippen LogP contribution in [-0.2, 0) is 17.9 Å². The Balaban J connectivity index is 1.28. The lowest BCUT2D eigenvalue weighted by Crippen LogP contribution is -2.52. The molecule has 0 bridgehead atoms. The van der Waals surface area contributed by atoms with Crippen molar-refractivity contribution in [3.05, 3.63) is 64.9 Å². The quantitative estimate of drug-likeness (QED) is 0.486. The number of para-hydroxylation sites is 2. The molecule has 5 rings (SSSR count). The Morgan fingerprint density at radius 2 is 1.74 bits per heavy atom. The topological polar surface area (TPSA) is 44.6 Å². The summed E-state index contributed by atoms with van der Waals surface area (Å²) in [5.41, 5.74) is 3.37. The summed E-state index contributed by atoms with van der Waals surface area (Å²) < 4.78 is 2.32. The number of piperidine rings is 1. The van der Waals surface area contributed by atoms with Crippen molar-refractivity contribution in [2.75, 3.05) is 45.8 Å². The van der Waals surface area contributed by atoms with Gasteiger partial charge in [-0.1, -0.05) is 42.8 Å². The van der Waals surface area contributed by atoms with Gasteiger partial charge in [0, 0.05) is 44.3 Å². The Morgan fingerprint density at radius 1 is 0.971 bits per heavy atom. The van der Waals surface area contributed by atoms with Crippen molar-refractivity contribution in [2.24, 2.45) is 5.92 Å². The first-order valence-corrected chi connectivity index (χ1v) is 13.4. The van der Waals surface area contributed by atoms with Gasteiger partial charge in [0.1, 0.15) is 5.82 Å². The molecular formula is C28H36ClN5O. The minimum atomic E-state index is 0.0931. The van der Waals surface area contributed by atoms with Gasteiger partial charge < -0.3 is 9.47 Å². The normalized spacial score (nSPS) is 19.9. The molecule has 2 aliphatic heterocycles. The summed E-state index contributed by atoms with van der Waals surface area (Å²) in [7, 11) is 0. The van der Waals surface area contributed by atoms with Gasteiger partial charge >= 0.3 is 0 Å². The summed E-state index contributed by atoms with van der Waals surface area (Å²) in [5.74, 6) is 1.50. The lowest BCUT2D eigenvalue weighted by atomic mass is 9.96. The van der Waals surface area contributed by atoms with Crippen LogP contribution in [0.5, 0.6) is 0 Å². The van der Waals surface area contributed by atoms with E-state index in [2.05, 4.69) is 56.5 Å². The highest BCUT2D eigenvalue weighted by Crippen LogP contribution is 2.24. The molecule has 1 amide bonds. The molecule has 6 nitrogen and oxygen atoms in total. The smallest absolute Gasteiger partial charge is 0.227 e. The summed E-state index contributed by atoms with van der Waals surface area (Å²) in [6.45, 7) is 10.4. The van der Waals surface area contributed by atoms with E-state index in [-0.39, 0.29) is 5.92 Å². The average Bonchev–Trinajstić information content (AvgIpc) is 3.22. The summed E-state index contributed by atoms with van der Waals surface area (Å²) in [6.07, 6.45) is 3.23. The van der Waals surface area contributed by atoms with E-state index in [4.69, 9.17) is 16.6 Å². The van der Waals surface area contributed by atoms with Gasteiger partial charge in [0.15, 0.2) is 0 Å². The molecule has 2 aromatic carbocycles. The fourth-order valence-electron chi connectivity index (χ4n) is 5.56. The summed E-state index contributed by atoms with van der Waals surface area (Å²) in [5, 5.41) is 0.750. The molecule has 0 unspecified atom stereocenters. The molecule has 0 N–H and O–H groups in total. The monoisotopic (exact) mass is 493 g/mol. The lowest BCUT2D eigenvalue weighted by Gasteiger charge is -2.39. The van der Waals surface area contributed by atoms with Crippen LogP contribution in [0.25, 0.3) is 11.0 Å². The number of fused-ring (bicyclic) bond motifs is 1. The molecule has 0 saturated carbocycles. The van der Waals surface area contributed by atoms with E-state index < -0.39 is 0 Å². The standard InChI is InChI=1S/C28H36ClN5O/c1-2-13-31-15-17-33(18-16-31)28(35)23-6-5-14-32(20-23)21-27-30-25-7-3-4-8-26(25)34(27)19-22-9-11-24(29)12-10-22/h3-4,7-12,23H,2,5-6,13-21H2,1H3/t23-/m0/s1. The number of halogens is 1. The SMILES string of the molecule is CCCN1CCN(C(=O)[C@H]2CCCN(Cc3nc4ccccc4n3Cc3ccc(Cl)cc3)C2)CC1. The molecule has 2 fully saturated rings. The van der Waals surface area contributed by atoms with Gasteiger partial charge in [0.05, 0.1) is 23.5 Å². The number of imidazole rings is 1. The second kappa shape index (κ2) is 11.1. The number of hydrogen-bond acceptors (Lipinski definition) is 4. The number of amides is 1. The van der Waals surface area contributed by atoms with Crippen LogP contribution in [0.4, 0.5) is 0 Å². The predicted molar refractivity (Wildman–Crippen MR) is 142 cm³/mol. The van der Waals surface area contributed by atoms with Crippen molar-refractivity contribution in [1.29, 1.82) is 0 Å². The number of carbonyl (C=O) groups is 1. The van der Waals surface area contributed by atoms with Gasteiger partial charge in [-0.2, -0.15) is 0 Å².